The van der Waals surface area contributed by atoms with E-state index in [0.29, 0.717) is 12.8 Å². The van der Waals surface area contributed by atoms with Crippen molar-refractivity contribution in [3.05, 3.63) is 25.3 Å². The van der Waals surface area contributed by atoms with Crippen LogP contribution >= 0.6 is 0 Å². The minimum atomic E-state index is -0.998. The summed E-state index contributed by atoms with van der Waals surface area (Å²) < 4.78 is 10.0. The van der Waals surface area contributed by atoms with Crippen LogP contribution in [0.4, 0.5) is 4.79 Å². The van der Waals surface area contributed by atoms with E-state index in [2.05, 4.69) is 13.2 Å². The third-order valence-corrected chi connectivity index (χ3v) is 3.70. The quantitative estimate of drug-likeness (QED) is 0.574. The van der Waals surface area contributed by atoms with Crippen molar-refractivity contribution in [1.82, 2.24) is 4.90 Å². The number of rotatable bonds is 5. The second-order valence-electron chi connectivity index (χ2n) is 6.66. The number of allylic oxidation sites excluding steroid dienone is 2. The van der Waals surface area contributed by atoms with Crippen molar-refractivity contribution in [3.63, 3.8) is 0 Å². The molecule has 0 N–H and O–H groups in total. The first-order valence-electron chi connectivity index (χ1n) is 7.48. The zero-order valence-corrected chi connectivity index (χ0v) is 14.3. The molecule has 1 aliphatic heterocycles. The predicted molar refractivity (Wildman–Crippen MR) is 85.6 cm³/mol. The lowest BCUT2D eigenvalue weighted by Gasteiger charge is -2.27. The molecular weight excluding hydrogens is 298 g/mol. The Balaban J connectivity index is 3.24. The highest BCUT2D eigenvalue weighted by atomic mass is 16.6. The number of imide groups is 1. The van der Waals surface area contributed by atoms with Crippen LogP contribution in [-0.2, 0) is 19.1 Å². The Morgan fingerprint density at radius 2 is 1.83 bits per heavy atom. The van der Waals surface area contributed by atoms with Crippen molar-refractivity contribution in [2.24, 2.45) is 5.41 Å². The monoisotopic (exact) mass is 323 g/mol. The molecule has 1 heterocycles. The fraction of sp³-hybridized carbons (Fsp3) is 0.588. The molecule has 2 amide bonds. The summed E-state index contributed by atoms with van der Waals surface area (Å²) in [6, 6.07) is -0.998. The standard InChI is InChI=1S/C17H25NO5/c1-7-9-17(10-8-2)11-12(13(19)22-6)18(14(17)20)15(21)23-16(3,4)5/h7-8,12H,1-2,9-11H2,3-6H3/t12-/m0/s1. The highest BCUT2D eigenvalue weighted by Crippen LogP contribution is 2.43. The zero-order chi connectivity index (χ0) is 17.8. The molecule has 0 aromatic heterocycles. The molecule has 0 aromatic carbocycles. The van der Waals surface area contributed by atoms with Gasteiger partial charge in [-0.05, 0) is 40.0 Å². The average Bonchev–Trinajstić information content (AvgIpc) is 2.71. The van der Waals surface area contributed by atoms with Gasteiger partial charge in [0, 0.05) is 0 Å². The molecule has 6 nitrogen and oxygen atoms in total. The lowest BCUT2D eigenvalue weighted by molar-refractivity contribution is -0.149. The molecule has 0 aliphatic carbocycles. The number of likely N-dealkylation sites (tertiary alicyclic amines) is 1. The Morgan fingerprint density at radius 1 is 1.30 bits per heavy atom. The first-order valence-corrected chi connectivity index (χ1v) is 7.48. The summed E-state index contributed by atoms with van der Waals surface area (Å²) in [7, 11) is 1.22. The van der Waals surface area contributed by atoms with Crippen molar-refractivity contribution in [1.29, 1.82) is 0 Å². The largest absolute Gasteiger partial charge is 0.467 e. The maximum absolute atomic E-state index is 12.9. The third kappa shape index (κ3) is 4.00. The molecule has 0 unspecified atom stereocenters. The van der Waals surface area contributed by atoms with Crippen molar-refractivity contribution >= 4 is 18.0 Å². The summed E-state index contributed by atoms with van der Waals surface area (Å²) >= 11 is 0. The molecule has 128 valence electrons. The van der Waals surface area contributed by atoms with E-state index in [1.807, 2.05) is 0 Å². The normalized spacial score (nSPS) is 20.1. The number of carbonyl (C=O) groups is 3. The average molecular weight is 323 g/mol. The first-order chi connectivity index (χ1) is 10.6. The summed E-state index contributed by atoms with van der Waals surface area (Å²) in [5.74, 6) is -1.10. The number of hydrogen-bond acceptors (Lipinski definition) is 5. The SMILES string of the molecule is C=CCC1(CC=C)C[C@@H](C(=O)OC)N(C(=O)OC(C)(C)C)C1=O. The smallest absolute Gasteiger partial charge is 0.417 e. The maximum Gasteiger partial charge on any atom is 0.417 e. The van der Waals surface area contributed by atoms with E-state index >= 15 is 0 Å². The number of ether oxygens (including phenoxy) is 2. The molecule has 1 saturated heterocycles. The van der Waals surface area contributed by atoms with Gasteiger partial charge in [-0.25, -0.2) is 14.5 Å². The minimum absolute atomic E-state index is 0.162. The van der Waals surface area contributed by atoms with E-state index in [4.69, 9.17) is 9.47 Å². The van der Waals surface area contributed by atoms with Gasteiger partial charge in [0.1, 0.15) is 11.6 Å². The molecule has 1 rings (SSSR count). The summed E-state index contributed by atoms with van der Waals surface area (Å²) in [6.07, 6.45) is 3.21. The van der Waals surface area contributed by atoms with Crippen molar-refractivity contribution in [2.75, 3.05) is 7.11 Å². The first kappa shape index (κ1) is 18.9. The molecule has 0 spiro atoms. The van der Waals surface area contributed by atoms with Crippen LogP contribution in [0, 0.1) is 5.41 Å². The van der Waals surface area contributed by atoms with Gasteiger partial charge in [0.05, 0.1) is 12.5 Å². The molecule has 23 heavy (non-hydrogen) atoms. The lowest BCUT2D eigenvalue weighted by Crippen LogP contribution is -2.47. The number of esters is 1. The zero-order valence-electron chi connectivity index (χ0n) is 14.3. The lowest BCUT2D eigenvalue weighted by atomic mass is 9.78. The van der Waals surface area contributed by atoms with E-state index < -0.39 is 35.0 Å². The topological polar surface area (TPSA) is 72.9 Å². The van der Waals surface area contributed by atoms with Crippen LogP contribution in [0.1, 0.15) is 40.0 Å². The van der Waals surface area contributed by atoms with E-state index in [1.54, 1.807) is 32.9 Å². The van der Waals surface area contributed by atoms with E-state index in [0.717, 1.165) is 4.90 Å². The second-order valence-corrected chi connectivity index (χ2v) is 6.66. The Morgan fingerprint density at radius 3 is 2.22 bits per heavy atom. The summed E-state index contributed by atoms with van der Waals surface area (Å²) in [5, 5.41) is 0. The summed E-state index contributed by atoms with van der Waals surface area (Å²) in [5.41, 5.74) is -1.70. The van der Waals surface area contributed by atoms with Crippen molar-refractivity contribution in [3.8, 4) is 0 Å². The highest BCUT2D eigenvalue weighted by molar-refractivity contribution is 6.02. The van der Waals surface area contributed by atoms with Crippen LogP contribution < -0.4 is 0 Å². The van der Waals surface area contributed by atoms with E-state index in [9.17, 15) is 14.4 Å². The predicted octanol–water partition coefficient (Wildman–Crippen LogP) is 2.83. The van der Waals surface area contributed by atoms with Gasteiger partial charge >= 0.3 is 12.1 Å². The van der Waals surface area contributed by atoms with Gasteiger partial charge in [-0.3, -0.25) is 4.79 Å². The van der Waals surface area contributed by atoms with Crippen LogP contribution in [0.15, 0.2) is 25.3 Å². The van der Waals surface area contributed by atoms with Crippen LogP contribution in [0.25, 0.3) is 0 Å². The fourth-order valence-electron chi connectivity index (χ4n) is 2.77. The molecule has 0 bridgehead atoms. The summed E-state index contributed by atoms with van der Waals surface area (Å²) in [4.78, 5) is 38.2. The minimum Gasteiger partial charge on any atom is -0.467 e. The van der Waals surface area contributed by atoms with Gasteiger partial charge in [-0.1, -0.05) is 12.2 Å². The van der Waals surface area contributed by atoms with Crippen LogP contribution in [0.2, 0.25) is 0 Å². The van der Waals surface area contributed by atoms with Gasteiger partial charge in [0.15, 0.2) is 0 Å². The molecular formula is C17H25NO5. The van der Waals surface area contributed by atoms with E-state index in [-0.39, 0.29) is 6.42 Å². The van der Waals surface area contributed by atoms with Crippen LogP contribution in [0.3, 0.4) is 0 Å². The molecule has 1 fully saturated rings. The number of nitrogens with zero attached hydrogens (tertiary/aromatic N) is 1. The van der Waals surface area contributed by atoms with Gasteiger partial charge < -0.3 is 9.47 Å². The van der Waals surface area contributed by atoms with Crippen molar-refractivity contribution in [2.45, 2.75) is 51.7 Å². The van der Waals surface area contributed by atoms with E-state index in [1.165, 1.54) is 7.11 Å². The molecule has 0 radical (unpaired) electrons. The van der Waals surface area contributed by atoms with Gasteiger partial charge in [0.25, 0.3) is 0 Å². The Kier molecular flexibility index (Phi) is 5.75. The highest BCUT2D eigenvalue weighted by Gasteiger charge is 2.56. The van der Waals surface area contributed by atoms with Crippen LogP contribution in [0.5, 0.6) is 0 Å². The van der Waals surface area contributed by atoms with Crippen LogP contribution in [-0.4, -0.2) is 41.6 Å². The number of carbonyl (C=O) groups excluding carboxylic acids is 3. The summed E-state index contributed by atoms with van der Waals surface area (Å²) in [6.45, 7) is 12.4. The maximum atomic E-state index is 12.9. The molecule has 0 aromatic rings. The second kappa shape index (κ2) is 6.98. The molecule has 6 heteroatoms. The number of methoxy groups -OCH3 is 1. The molecule has 1 aliphatic rings. The van der Waals surface area contributed by atoms with Gasteiger partial charge in [-0.2, -0.15) is 0 Å². The molecule has 0 saturated carbocycles. The Bertz CT molecular complexity index is 508. The third-order valence-electron chi connectivity index (χ3n) is 3.70. The van der Waals surface area contributed by atoms with Gasteiger partial charge in [0.2, 0.25) is 5.91 Å². The van der Waals surface area contributed by atoms with Gasteiger partial charge in [-0.15, -0.1) is 13.2 Å². The Hall–Kier alpha value is -2.11. The number of amides is 2. The van der Waals surface area contributed by atoms with Crippen molar-refractivity contribution < 1.29 is 23.9 Å². The Labute approximate surface area is 137 Å². The number of hydrogen-bond donors (Lipinski definition) is 0. The fourth-order valence-corrected chi connectivity index (χ4v) is 2.77. The molecule has 1 atom stereocenters.